The normalized spacial score (nSPS) is 26.3. The van der Waals surface area contributed by atoms with Crippen LogP contribution in [-0.4, -0.2) is 24.1 Å². The highest BCUT2D eigenvalue weighted by atomic mass is 16.5. The fourth-order valence-corrected chi connectivity index (χ4v) is 2.87. The Morgan fingerprint density at radius 1 is 0.913 bits per heavy atom. The molecular formula is C19H28O4. The van der Waals surface area contributed by atoms with E-state index >= 15 is 0 Å². The van der Waals surface area contributed by atoms with Crippen molar-refractivity contribution in [3.05, 3.63) is 36.5 Å². The van der Waals surface area contributed by atoms with Gasteiger partial charge in [-0.3, -0.25) is 9.59 Å². The van der Waals surface area contributed by atoms with Gasteiger partial charge in [-0.15, -0.1) is 0 Å². The van der Waals surface area contributed by atoms with Crippen molar-refractivity contribution in [2.75, 3.05) is 0 Å². The SMILES string of the molecule is C=C1CC[C@H](C(=C)C)CC(OC(C)=O)C(=C)CCC1OC(C)=O. The van der Waals surface area contributed by atoms with Crippen LogP contribution in [0.2, 0.25) is 0 Å². The molecular weight excluding hydrogens is 292 g/mol. The minimum Gasteiger partial charge on any atom is -0.458 e. The minimum atomic E-state index is -0.321. The van der Waals surface area contributed by atoms with Gasteiger partial charge in [-0.2, -0.15) is 0 Å². The monoisotopic (exact) mass is 320 g/mol. The maximum absolute atomic E-state index is 11.4. The third-order valence-corrected chi connectivity index (χ3v) is 4.26. The molecule has 0 heterocycles. The first kappa shape index (κ1) is 19.2. The lowest BCUT2D eigenvalue weighted by molar-refractivity contribution is -0.145. The van der Waals surface area contributed by atoms with Crippen LogP contribution in [0.25, 0.3) is 0 Å². The second-order valence-electron chi connectivity index (χ2n) is 6.37. The van der Waals surface area contributed by atoms with Gasteiger partial charge in [0.2, 0.25) is 0 Å². The summed E-state index contributed by atoms with van der Waals surface area (Å²) in [5, 5.41) is 0. The van der Waals surface area contributed by atoms with Crippen molar-refractivity contribution in [3.63, 3.8) is 0 Å². The van der Waals surface area contributed by atoms with E-state index in [1.54, 1.807) is 0 Å². The van der Waals surface area contributed by atoms with Crippen LogP contribution >= 0.6 is 0 Å². The average molecular weight is 320 g/mol. The maximum Gasteiger partial charge on any atom is 0.303 e. The number of allylic oxidation sites excluding steroid dienone is 1. The standard InChI is InChI=1S/C19H28O4/c1-12(2)17-9-7-13(3)18(22-15(5)20)10-8-14(4)19(11-17)23-16(6)21/h17-19H,1,3-4,7-11H2,2,5-6H3/t17-,18?,19?/m0/s1. The second kappa shape index (κ2) is 8.70. The summed E-state index contributed by atoms with van der Waals surface area (Å²) in [6, 6.07) is 0. The first-order chi connectivity index (χ1) is 10.7. The molecule has 1 aliphatic rings. The third kappa shape index (κ3) is 6.43. The summed E-state index contributed by atoms with van der Waals surface area (Å²) >= 11 is 0. The van der Waals surface area contributed by atoms with Gasteiger partial charge in [0.15, 0.2) is 0 Å². The number of carbonyl (C=O) groups is 2. The zero-order valence-electron chi connectivity index (χ0n) is 14.5. The number of esters is 2. The molecule has 4 heteroatoms. The predicted octanol–water partition coefficient (Wildman–Crippen LogP) is 4.12. The van der Waals surface area contributed by atoms with Crippen molar-refractivity contribution in [2.45, 2.75) is 65.1 Å². The van der Waals surface area contributed by atoms with Crippen molar-refractivity contribution in [2.24, 2.45) is 5.92 Å². The molecule has 0 spiro atoms. The van der Waals surface area contributed by atoms with E-state index < -0.39 is 0 Å². The Morgan fingerprint density at radius 3 is 1.91 bits per heavy atom. The van der Waals surface area contributed by atoms with Crippen LogP contribution < -0.4 is 0 Å². The molecule has 0 aromatic carbocycles. The van der Waals surface area contributed by atoms with Gasteiger partial charge in [0.25, 0.3) is 0 Å². The zero-order chi connectivity index (χ0) is 17.6. The first-order valence-electron chi connectivity index (χ1n) is 8.05. The van der Waals surface area contributed by atoms with Crippen molar-refractivity contribution >= 4 is 11.9 Å². The lowest BCUT2D eigenvalue weighted by Gasteiger charge is -2.29. The van der Waals surface area contributed by atoms with Crippen LogP contribution in [0, 0.1) is 5.92 Å². The Balaban J connectivity index is 2.96. The smallest absolute Gasteiger partial charge is 0.303 e. The van der Waals surface area contributed by atoms with Gasteiger partial charge in [0.05, 0.1) is 0 Å². The first-order valence-corrected chi connectivity index (χ1v) is 8.05. The topological polar surface area (TPSA) is 52.6 Å². The van der Waals surface area contributed by atoms with Gasteiger partial charge in [-0.1, -0.05) is 25.3 Å². The van der Waals surface area contributed by atoms with Gasteiger partial charge in [-0.25, -0.2) is 0 Å². The lowest BCUT2D eigenvalue weighted by Crippen LogP contribution is -2.26. The van der Waals surface area contributed by atoms with Gasteiger partial charge in [0.1, 0.15) is 12.2 Å². The molecule has 1 fully saturated rings. The van der Waals surface area contributed by atoms with Crippen LogP contribution in [0.3, 0.4) is 0 Å². The molecule has 1 saturated carbocycles. The van der Waals surface area contributed by atoms with Gasteiger partial charge >= 0.3 is 11.9 Å². The van der Waals surface area contributed by atoms with Crippen LogP contribution in [0.4, 0.5) is 0 Å². The van der Waals surface area contributed by atoms with E-state index in [4.69, 9.17) is 9.47 Å². The molecule has 0 aromatic heterocycles. The molecule has 128 valence electrons. The number of carbonyl (C=O) groups excluding carboxylic acids is 2. The Morgan fingerprint density at radius 2 is 1.39 bits per heavy atom. The molecule has 2 unspecified atom stereocenters. The molecule has 0 aromatic rings. The molecule has 0 amide bonds. The van der Waals surface area contributed by atoms with E-state index in [1.165, 1.54) is 13.8 Å². The Hall–Kier alpha value is -1.84. The van der Waals surface area contributed by atoms with Crippen molar-refractivity contribution in [3.8, 4) is 0 Å². The molecule has 0 N–H and O–H groups in total. The highest BCUT2D eigenvalue weighted by Gasteiger charge is 2.26. The Labute approximate surface area is 139 Å². The van der Waals surface area contributed by atoms with Crippen LogP contribution in [0.1, 0.15) is 52.9 Å². The molecule has 4 nitrogen and oxygen atoms in total. The molecule has 1 rings (SSSR count). The van der Waals surface area contributed by atoms with Crippen molar-refractivity contribution < 1.29 is 19.1 Å². The van der Waals surface area contributed by atoms with Gasteiger partial charge in [0, 0.05) is 13.8 Å². The number of rotatable bonds is 3. The molecule has 0 radical (unpaired) electrons. The number of hydrogen-bond donors (Lipinski definition) is 0. The highest BCUT2D eigenvalue weighted by molar-refractivity contribution is 5.67. The highest BCUT2D eigenvalue weighted by Crippen LogP contribution is 2.32. The van der Waals surface area contributed by atoms with E-state index in [2.05, 4.69) is 19.7 Å². The molecule has 23 heavy (non-hydrogen) atoms. The number of hydrogen-bond acceptors (Lipinski definition) is 4. The fourth-order valence-electron chi connectivity index (χ4n) is 2.87. The largest absolute Gasteiger partial charge is 0.458 e. The van der Waals surface area contributed by atoms with Crippen molar-refractivity contribution in [1.29, 1.82) is 0 Å². The molecule has 0 saturated heterocycles. The molecule has 1 aliphatic carbocycles. The zero-order valence-corrected chi connectivity index (χ0v) is 14.5. The van der Waals surface area contributed by atoms with Crippen LogP contribution in [-0.2, 0) is 19.1 Å². The lowest BCUT2D eigenvalue weighted by atomic mass is 9.83. The summed E-state index contributed by atoms with van der Waals surface area (Å²) in [5.41, 5.74) is 2.82. The quantitative estimate of drug-likeness (QED) is 0.580. The molecule has 0 aliphatic heterocycles. The summed E-state index contributed by atoms with van der Waals surface area (Å²) in [4.78, 5) is 22.7. The summed E-state index contributed by atoms with van der Waals surface area (Å²) in [5.74, 6) is -0.412. The Bertz CT molecular complexity index is 503. The van der Waals surface area contributed by atoms with E-state index in [9.17, 15) is 9.59 Å². The minimum absolute atomic E-state index is 0.212. The fraction of sp³-hybridized carbons (Fsp3) is 0.579. The van der Waals surface area contributed by atoms with E-state index in [1.807, 2.05) is 6.92 Å². The third-order valence-electron chi connectivity index (χ3n) is 4.26. The van der Waals surface area contributed by atoms with Crippen molar-refractivity contribution in [1.82, 2.24) is 0 Å². The van der Waals surface area contributed by atoms with Crippen LogP contribution in [0.5, 0.6) is 0 Å². The Kier molecular flexibility index (Phi) is 7.27. The van der Waals surface area contributed by atoms with Crippen LogP contribution in [0.15, 0.2) is 36.5 Å². The van der Waals surface area contributed by atoms with E-state index in [0.29, 0.717) is 19.3 Å². The predicted molar refractivity (Wildman–Crippen MR) is 90.8 cm³/mol. The van der Waals surface area contributed by atoms with E-state index in [-0.39, 0.29) is 30.1 Å². The summed E-state index contributed by atoms with van der Waals surface area (Å²) < 4.78 is 10.8. The molecule has 3 atom stereocenters. The average Bonchev–Trinajstić information content (AvgIpc) is 2.43. The summed E-state index contributed by atoms with van der Waals surface area (Å²) in [6.07, 6.45) is 2.90. The maximum atomic E-state index is 11.4. The summed E-state index contributed by atoms with van der Waals surface area (Å²) in [7, 11) is 0. The second-order valence-corrected chi connectivity index (χ2v) is 6.37. The van der Waals surface area contributed by atoms with Gasteiger partial charge < -0.3 is 9.47 Å². The van der Waals surface area contributed by atoms with Gasteiger partial charge in [-0.05, 0) is 56.1 Å². The van der Waals surface area contributed by atoms with E-state index in [0.717, 1.165) is 29.6 Å². The molecule has 0 bridgehead atoms. The summed E-state index contributed by atoms with van der Waals surface area (Å²) in [6.45, 7) is 17.0. The number of ether oxygens (including phenoxy) is 2.